The van der Waals surface area contributed by atoms with Crippen molar-refractivity contribution in [1.29, 1.82) is 0 Å². The van der Waals surface area contributed by atoms with Gasteiger partial charge in [0.15, 0.2) is 0 Å². The SMILES string of the molecule is CNCCc1ccccc1C(=O)NCCNC(=O)C(C)C. The molecule has 0 radical (unpaired) electrons. The largest absolute Gasteiger partial charge is 0.354 e. The molecular weight excluding hydrogens is 266 g/mol. The molecule has 0 aliphatic heterocycles. The van der Waals surface area contributed by atoms with E-state index in [0.29, 0.717) is 18.7 Å². The molecule has 0 spiro atoms. The smallest absolute Gasteiger partial charge is 0.251 e. The van der Waals surface area contributed by atoms with Gasteiger partial charge in [0.25, 0.3) is 5.91 Å². The summed E-state index contributed by atoms with van der Waals surface area (Å²) in [6.45, 7) is 5.38. The van der Waals surface area contributed by atoms with Gasteiger partial charge in [-0.3, -0.25) is 9.59 Å². The highest BCUT2D eigenvalue weighted by molar-refractivity contribution is 5.95. The first kappa shape index (κ1) is 17.2. The topological polar surface area (TPSA) is 70.2 Å². The average molecular weight is 291 g/mol. The average Bonchev–Trinajstić information content (AvgIpc) is 2.49. The van der Waals surface area contributed by atoms with Crippen molar-refractivity contribution in [3.05, 3.63) is 35.4 Å². The van der Waals surface area contributed by atoms with Crippen LogP contribution < -0.4 is 16.0 Å². The van der Waals surface area contributed by atoms with Crippen LogP contribution in [0.2, 0.25) is 0 Å². The van der Waals surface area contributed by atoms with Gasteiger partial charge in [0.2, 0.25) is 5.91 Å². The summed E-state index contributed by atoms with van der Waals surface area (Å²) in [4.78, 5) is 23.6. The molecule has 21 heavy (non-hydrogen) atoms. The van der Waals surface area contributed by atoms with Gasteiger partial charge in [-0.1, -0.05) is 32.0 Å². The summed E-state index contributed by atoms with van der Waals surface area (Å²) in [6, 6.07) is 7.59. The van der Waals surface area contributed by atoms with Crippen LogP contribution in [-0.2, 0) is 11.2 Å². The van der Waals surface area contributed by atoms with Gasteiger partial charge in [-0.15, -0.1) is 0 Å². The molecule has 0 heterocycles. The zero-order valence-corrected chi connectivity index (χ0v) is 13.0. The van der Waals surface area contributed by atoms with E-state index in [1.807, 2.05) is 45.2 Å². The second kappa shape index (κ2) is 9.13. The number of hydrogen-bond acceptors (Lipinski definition) is 3. The first-order valence-electron chi connectivity index (χ1n) is 7.34. The molecular formula is C16H25N3O2. The van der Waals surface area contributed by atoms with E-state index in [2.05, 4.69) is 16.0 Å². The Kier molecular flexibility index (Phi) is 7.46. The van der Waals surface area contributed by atoms with Gasteiger partial charge < -0.3 is 16.0 Å². The van der Waals surface area contributed by atoms with Crippen LogP contribution in [-0.4, -0.2) is 38.5 Å². The third kappa shape index (κ3) is 5.95. The summed E-state index contributed by atoms with van der Waals surface area (Å²) in [7, 11) is 1.89. The summed E-state index contributed by atoms with van der Waals surface area (Å²) in [5.74, 6) is -0.137. The molecule has 1 aromatic rings. The van der Waals surface area contributed by atoms with E-state index in [1.165, 1.54) is 0 Å². The number of hydrogen-bond donors (Lipinski definition) is 3. The van der Waals surface area contributed by atoms with Gasteiger partial charge in [0, 0.05) is 24.6 Å². The minimum absolute atomic E-state index is 0.00123. The van der Waals surface area contributed by atoms with E-state index in [-0.39, 0.29) is 17.7 Å². The maximum Gasteiger partial charge on any atom is 0.251 e. The molecule has 3 N–H and O–H groups in total. The Morgan fingerprint density at radius 2 is 1.71 bits per heavy atom. The van der Waals surface area contributed by atoms with Crippen molar-refractivity contribution in [1.82, 2.24) is 16.0 Å². The van der Waals surface area contributed by atoms with E-state index in [1.54, 1.807) is 0 Å². The first-order chi connectivity index (χ1) is 10.1. The lowest BCUT2D eigenvalue weighted by atomic mass is 10.0. The Hall–Kier alpha value is -1.88. The van der Waals surface area contributed by atoms with Crippen LogP contribution in [0, 0.1) is 5.92 Å². The van der Waals surface area contributed by atoms with Crippen molar-refractivity contribution < 1.29 is 9.59 Å². The van der Waals surface area contributed by atoms with Crippen LogP contribution in [0.5, 0.6) is 0 Å². The van der Waals surface area contributed by atoms with Gasteiger partial charge >= 0.3 is 0 Å². The van der Waals surface area contributed by atoms with E-state index < -0.39 is 0 Å². The number of carbonyl (C=O) groups excluding carboxylic acids is 2. The lowest BCUT2D eigenvalue weighted by Gasteiger charge is -2.11. The molecule has 0 bridgehead atoms. The Morgan fingerprint density at radius 1 is 1.05 bits per heavy atom. The highest BCUT2D eigenvalue weighted by Crippen LogP contribution is 2.09. The van der Waals surface area contributed by atoms with Gasteiger partial charge in [-0.25, -0.2) is 0 Å². The number of benzene rings is 1. The quantitative estimate of drug-likeness (QED) is 0.625. The standard InChI is InChI=1S/C16H25N3O2/c1-12(2)15(20)18-10-11-19-16(21)14-7-5-4-6-13(14)8-9-17-3/h4-7,12,17H,8-11H2,1-3H3,(H,18,20)(H,19,21). The van der Waals surface area contributed by atoms with Gasteiger partial charge in [-0.05, 0) is 31.6 Å². The fourth-order valence-corrected chi connectivity index (χ4v) is 1.88. The molecule has 5 heteroatoms. The zero-order chi connectivity index (χ0) is 15.7. The predicted octanol–water partition coefficient (Wildman–Crippen LogP) is 0.951. The molecule has 0 aliphatic rings. The highest BCUT2D eigenvalue weighted by Gasteiger charge is 2.10. The van der Waals surface area contributed by atoms with E-state index in [9.17, 15) is 9.59 Å². The van der Waals surface area contributed by atoms with E-state index in [0.717, 1.165) is 18.5 Å². The van der Waals surface area contributed by atoms with Crippen molar-refractivity contribution in [2.24, 2.45) is 5.92 Å². The first-order valence-corrected chi connectivity index (χ1v) is 7.34. The highest BCUT2D eigenvalue weighted by atomic mass is 16.2. The van der Waals surface area contributed by atoms with Crippen LogP contribution in [0.25, 0.3) is 0 Å². The maximum atomic E-state index is 12.2. The van der Waals surface area contributed by atoms with Crippen molar-refractivity contribution in [3.8, 4) is 0 Å². The molecule has 0 saturated carbocycles. The monoisotopic (exact) mass is 291 g/mol. The summed E-state index contributed by atoms with van der Waals surface area (Å²) < 4.78 is 0. The van der Waals surface area contributed by atoms with Crippen LogP contribution in [0.3, 0.4) is 0 Å². The fourth-order valence-electron chi connectivity index (χ4n) is 1.88. The third-order valence-corrected chi connectivity index (χ3v) is 3.14. The summed E-state index contributed by atoms with van der Waals surface area (Å²) >= 11 is 0. The maximum absolute atomic E-state index is 12.2. The molecule has 0 unspecified atom stereocenters. The Bertz CT molecular complexity index is 472. The Labute approximate surface area is 126 Å². The van der Waals surface area contributed by atoms with Gasteiger partial charge in [0.1, 0.15) is 0 Å². The number of rotatable bonds is 8. The van der Waals surface area contributed by atoms with Gasteiger partial charge in [-0.2, -0.15) is 0 Å². The lowest BCUT2D eigenvalue weighted by molar-refractivity contribution is -0.123. The number of nitrogens with one attached hydrogen (secondary N) is 3. The molecule has 2 amide bonds. The predicted molar refractivity (Wildman–Crippen MR) is 84.3 cm³/mol. The van der Waals surface area contributed by atoms with E-state index >= 15 is 0 Å². The van der Waals surface area contributed by atoms with Gasteiger partial charge in [0.05, 0.1) is 0 Å². The summed E-state index contributed by atoms with van der Waals surface area (Å²) in [5.41, 5.74) is 1.72. The molecule has 1 rings (SSSR count). The molecule has 1 aromatic carbocycles. The molecule has 0 atom stereocenters. The number of carbonyl (C=O) groups is 2. The lowest BCUT2D eigenvalue weighted by Crippen LogP contribution is -2.36. The Morgan fingerprint density at radius 3 is 2.38 bits per heavy atom. The molecule has 116 valence electrons. The Balaban J connectivity index is 2.46. The van der Waals surface area contributed by atoms with Crippen LogP contribution in [0.15, 0.2) is 24.3 Å². The van der Waals surface area contributed by atoms with Crippen molar-refractivity contribution >= 4 is 11.8 Å². The molecule has 0 aromatic heterocycles. The molecule has 5 nitrogen and oxygen atoms in total. The van der Waals surface area contributed by atoms with Crippen LogP contribution in [0.4, 0.5) is 0 Å². The number of likely N-dealkylation sites (N-methyl/N-ethyl adjacent to an activating group) is 1. The number of amides is 2. The minimum Gasteiger partial charge on any atom is -0.354 e. The molecule has 0 aliphatic carbocycles. The molecule has 0 saturated heterocycles. The zero-order valence-electron chi connectivity index (χ0n) is 13.0. The van der Waals surface area contributed by atoms with E-state index in [4.69, 9.17) is 0 Å². The third-order valence-electron chi connectivity index (χ3n) is 3.14. The van der Waals surface area contributed by atoms with Crippen molar-refractivity contribution in [2.45, 2.75) is 20.3 Å². The normalized spacial score (nSPS) is 10.5. The second-order valence-corrected chi connectivity index (χ2v) is 5.21. The second-order valence-electron chi connectivity index (χ2n) is 5.21. The summed E-state index contributed by atoms with van der Waals surface area (Å²) in [5, 5.41) is 8.69. The van der Waals surface area contributed by atoms with Crippen LogP contribution in [0.1, 0.15) is 29.8 Å². The minimum atomic E-state index is -0.0968. The molecule has 0 fully saturated rings. The fraction of sp³-hybridized carbons (Fsp3) is 0.500. The van der Waals surface area contributed by atoms with Crippen molar-refractivity contribution in [2.75, 3.05) is 26.7 Å². The van der Waals surface area contributed by atoms with Crippen molar-refractivity contribution in [3.63, 3.8) is 0 Å². The summed E-state index contributed by atoms with van der Waals surface area (Å²) in [6.07, 6.45) is 0.810. The van der Waals surface area contributed by atoms with Crippen LogP contribution >= 0.6 is 0 Å².